The minimum atomic E-state index is -5.22. The van der Waals surface area contributed by atoms with E-state index in [-0.39, 0.29) is 3.57 Å². The summed E-state index contributed by atoms with van der Waals surface area (Å²) in [7, 11) is 0. The van der Waals surface area contributed by atoms with Gasteiger partial charge in [-0.25, -0.2) is 4.79 Å². The van der Waals surface area contributed by atoms with Crippen molar-refractivity contribution in [3.8, 4) is 0 Å². The highest BCUT2D eigenvalue weighted by atomic mass is 127. The number of nitrogens with zero attached hydrogens (tertiary/aromatic N) is 1. The molecule has 0 aliphatic rings. The minimum absolute atomic E-state index is 0.202. The van der Waals surface area contributed by atoms with Crippen molar-refractivity contribution >= 4 is 45.8 Å². The third-order valence-electron chi connectivity index (χ3n) is 2.01. The van der Waals surface area contributed by atoms with Crippen LogP contribution in [0.15, 0.2) is 12.1 Å². The molecular weight excluding hydrogens is 400 g/mol. The van der Waals surface area contributed by atoms with Gasteiger partial charge in [-0.1, -0.05) is 0 Å². The summed E-state index contributed by atoms with van der Waals surface area (Å²) in [5.41, 5.74) is -2.12. The van der Waals surface area contributed by atoms with Gasteiger partial charge in [0.15, 0.2) is 0 Å². The van der Waals surface area contributed by atoms with Gasteiger partial charge in [0.1, 0.15) is 5.69 Å². The third kappa shape index (κ3) is 3.55. The summed E-state index contributed by atoms with van der Waals surface area (Å²) in [5, 5.41) is 20.8. The average molecular weight is 404 g/mol. The van der Waals surface area contributed by atoms with E-state index < -0.39 is 39.9 Å². The fraction of sp³-hybridized carbons (Fsp3) is 0.111. The van der Waals surface area contributed by atoms with Gasteiger partial charge in [-0.15, -0.1) is 0 Å². The van der Waals surface area contributed by atoms with Crippen LogP contribution in [0.3, 0.4) is 0 Å². The highest BCUT2D eigenvalue weighted by Crippen LogP contribution is 2.32. The van der Waals surface area contributed by atoms with Crippen molar-refractivity contribution in [3.05, 3.63) is 31.4 Å². The van der Waals surface area contributed by atoms with Gasteiger partial charge in [0.2, 0.25) is 0 Å². The van der Waals surface area contributed by atoms with E-state index in [4.69, 9.17) is 5.11 Å². The Labute approximate surface area is 122 Å². The summed E-state index contributed by atoms with van der Waals surface area (Å²) in [5.74, 6) is -3.87. The molecule has 1 amide bonds. The molecular formula is C9H4F3IN2O5. The number of nitro benzene ring substituents is 1. The third-order valence-corrected chi connectivity index (χ3v) is 2.86. The van der Waals surface area contributed by atoms with E-state index in [2.05, 4.69) is 0 Å². The molecule has 11 heteroatoms. The summed E-state index contributed by atoms with van der Waals surface area (Å²) in [6.07, 6.45) is -5.22. The first kappa shape index (κ1) is 16.1. The highest BCUT2D eigenvalue weighted by molar-refractivity contribution is 14.1. The molecule has 0 radical (unpaired) electrons. The molecule has 1 aromatic rings. The normalized spacial score (nSPS) is 11.0. The van der Waals surface area contributed by atoms with E-state index in [1.54, 1.807) is 0 Å². The Morgan fingerprint density at radius 1 is 1.35 bits per heavy atom. The van der Waals surface area contributed by atoms with Crippen LogP contribution in [-0.2, 0) is 4.79 Å². The molecule has 0 bridgehead atoms. The highest BCUT2D eigenvalue weighted by Gasteiger charge is 2.40. The molecule has 0 saturated heterocycles. The number of halogens is 4. The Kier molecular flexibility index (Phi) is 4.52. The molecule has 20 heavy (non-hydrogen) atoms. The zero-order valence-electron chi connectivity index (χ0n) is 9.19. The molecule has 7 nitrogen and oxygen atoms in total. The number of alkyl halides is 3. The van der Waals surface area contributed by atoms with Crippen LogP contribution >= 0.6 is 22.6 Å². The summed E-state index contributed by atoms with van der Waals surface area (Å²) in [4.78, 5) is 31.2. The van der Waals surface area contributed by atoms with Crippen LogP contribution in [0.2, 0.25) is 0 Å². The monoisotopic (exact) mass is 404 g/mol. The van der Waals surface area contributed by atoms with E-state index in [9.17, 15) is 32.9 Å². The van der Waals surface area contributed by atoms with E-state index >= 15 is 0 Å². The fourth-order valence-electron chi connectivity index (χ4n) is 1.17. The van der Waals surface area contributed by atoms with Crippen molar-refractivity contribution in [2.45, 2.75) is 6.18 Å². The van der Waals surface area contributed by atoms with Gasteiger partial charge >= 0.3 is 18.1 Å². The summed E-state index contributed by atoms with van der Waals surface area (Å²) in [6.45, 7) is 0. The number of carbonyl (C=O) groups is 2. The topological polar surface area (TPSA) is 110 Å². The van der Waals surface area contributed by atoms with Gasteiger partial charge in [-0.2, -0.15) is 13.2 Å². The van der Waals surface area contributed by atoms with Crippen LogP contribution in [0, 0.1) is 13.7 Å². The van der Waals surface area contributed by atoms with Crippen LogP contribution in [0.4, 0.5) is 24.5 Å². The number of rotatable bonds is 3. The van der Waals surface area contributed by atoms with Crippen molar-refractivity contribution < 1.29 is 32.8 Å². The van der Waals surface area contributed by atoms with Gasteiger partial charge in [0, 0.05) is 9.64 Å². The maximum absolute atomic E-state index is 12.1. The number of hydrogen-bond acceptors (Lipinski definition) is 4. The summed E-state index contributed by atoms with van der Waals surface area (Å²) < 4.78 is 36.2. The quantitative estimate of drug-likeness (QED) is 0.457. The first-order valence-corrected chi connectivity index (χ1v) is 5.71. The van der Waals surface area contributed by atoms with E-state index in [1.807, 2.05) is 0 Å². The molecule has 0 unspecified atom stereocenters. The molecule has 108 valence electrons. The number of nitrogens with one attached hydrogen (secondary N) is 1. The van der Waals surface area contributed by atoms with Gasteiger partial charge in [-0.05, 0) is 28.7 Å². The largest absolute Gasteiger partial charge is 0.478 e. The Hall–Kier alpha value is -1.92. The number of carboxylic acids is 1. The second-order valence-electron chi connectivity index (χ2n) is 3.37. The lowest BCUT2D eigenvalue weighted by molar-refractivity contribution is -0.384. The van der Waals surface area contributed by atoms with Gasteiger partial charge in [-0.3, -0.25) is 14.9 Å². The van der Waals surface area contributed by atoms with E-state index in [0.29, 0.717) is 6.07 Å². The second-order valence-corrected chi connectivity index (χ2v) is 4.53. The van der Waals surface area contributed by atoms with Crippen molar-refractivity contribution in [2.24, 2.45) is 0 Å². The van der Waals surface area contributed by atoms with Crippen molar-refractivity contribution in [3.63, 3.8) is 0 Å². The van der Waals surface area contributed by atoms with Crippen LogP contribution in [0.5, 0.6) is 0 Å². The fourth-order valence-corrected chi connectivity index (χ4v) is 1.91. The zero-order valence-corrected chi connectivity index (χ0v) is 11.4. The Balaban J connectivity index is 3.36. The molecule has 0 heterocycles. The number of hydrogen-bond donors (Lipinski definition) is 2. The number of amides is 1. The molecule has 1 rings (SSSR count). The predicted molar refractivity (Wildman–Crippen MR) is 67.5 cm³/mol. The predicted octanol–water partition coefficient (Wildman–Crippen LogP) is 2.40. The van der Waals surface area contributed by atoms with Crippen LogP contribution in [0.25, 0.3) is 0 Å². The number of aromatic carboxylic acids is 1. The average Bonchev–Trinajstić information content (AvgIpc) is 2.29. The molecule has 1 aromatic carbocycles. The van der Waals surface area contributed by atoms with Crippen molar-refractivity contribution in [1.82, 2.24) is 0 Å². The van der Waals surface area contributed by atoms with E-state index in [0.717, 1.165) is 6.07 Å². The number of nitro groups is 1. The molecule has 0 spiro atoms. The molecule has 2 N–H and O–H groups in total. The number of carbonyl (C=O) groups excluding carboxylic acids is 1. The van der Waals surface area contributed by atoms with Crippen molar-refractivity contribution in [2.75, 3.05) is 5.32 Å². The second kappa shape index (κ2) is 5.60. The SMILES string of the molecule is O=C(O)c1cc(I)c(NC(=O)C(F)(F)F)c([N+](=O)[O-])c1. The number of anilines is 1. The molecule has 0 fully saturated rings. The summed E-state index contributed by atoms with van der Waals surface area (Å²) >= 11 is 1.39. The standard InChI is InChI=1S/C9H4F3IN2O5/c10-9(11,12)8(18)14-6-4(13)1-3(7(16)17)2-5(6)15(19)20/h1-2H,(H,14,18)(H,16,17). The van der Waals surface area contributed by atoms with Crippen molar-refractivity contribution in [1.29, 1.82) is 0 Å². The Bertz CT molecular complexity index is 602. The smallest absolute Gasteiger partial charge is 0.471 e. The van der Waals surface area contributed by atoms with Gasteiger partial charge < -0.3 is 10.4 Å². The van der Waals surface area contributed by atoms with Crippen LogP contribution in [-0.4, -0.2) is 28.1 Å². The summed E-state index contributed by atoms with van der Waals surface area (Å²) in [6, 6.07) is 1.47. The van der Waals surface area contributed by atoms with Gasteiger partial charge in [0.05, 0.1) is 10.5 Å². The molecule has 0 atom stereocenters. The Morgan fingerprint density at radius 2 is 1.90 bits per heavy atom. The molecule has 0 aliphatic carbocycles. The van der Waals surface area contributed by atoms with Crippen LogP contribution < -0.4 is 5.32 Å². The lowest BCUT2D eigenvalue weighted by Crippen LogP contribution is -2.30. The first-order valence-electron chi connectivity index (χ1n) is 4.63. The number of benzene rings is 1. The maximum atomic E-state index is 12.1. The molecule has 0 aliphatic heterocycles. The lowest BCUT2D eigenvalue weighted by atomic mass is 10.1. The maximum Gasteiger partial charge on any atom is 0.471 e. The van der Waals surface area contributed by atoms with Gasteiger partial charge in [0.25, 0.3) is 5.69 Å². The lowest BCUT2D eigenvalue weighted by Gasteiger charge is -2.10. The molecule has 0 aromatic heterocycles. The molecule has 0 saturated carbocycles. The minimum Gasteiger partial charge on any atom is -0.478 e. The first-order chi connectivity index (χ1) is 9.04. The Morgan fingerprint density at radius 3 is 2.30 bits per heavy atom. The van der Waals surface area contributed by atoms with Crippen LogP contribution in [0.1, 0.15) is 10.4 Å². The number of carboxylic acid groups (broad SMARTS) is 1. The zero-order chi connectivity index (χ0) is 15.7. The van der Waals surface area contributed by atoms with E-state index in [1.165, 1.54) is 27.9 Å².